The summed E-state index contributed by atoms with van der Waals surface area (Å²) >= 11 is 1.01. The van der Waals surface area contributed by atoms with Gasteiger partial charge in [-0.2, -0.15) is 0 Å². The van der Waals surface area contributed by atoms with Crippen LogP contribution in [-0.2, 0) is 29.5 Å². The fraction of sp³-hybridized carbons (Fsp3) is 0.364. The maximum Gasteiger partial charge on any atom is 1.00 e. The summed E-state index contributed by atoms with van der Waals surface area (Å²) in [6, 6.07) is -2.96. The van der Waals surface area contributed by atoms with Crippen LogP contribution in [0.4, 0.5) is 9.93 Å². The van der Waals surface area contributed by atoms with Gasteiger partial charge in [-0.1, -0.05) is 5.16 Å². The first-order chi connectivity index (χ1) is 12.6. The number of nitrogen functional groups attached to an aromatic ring is 1. The molecule has 0 unspecified atom stereocenters. The molecule has 0 aromatic carbocycles. The van der Waals surface area contributed by atoms with Gasteiger partial charge >= 0.3 is 35.7 Å². The molecule has 2 heterocycles. The summed E-state index contributed by atoms with van der Waals surface area (Å²) in [5, 5.41) is 7.21. The Bertz CT molecular complexity index is 903. The summed E-state index contributed by atoms with van der Waals surface area (Å²) < 4.78 is 37.9. The van der Waals surface area contributed by atoms with Gasteiger partial charge in [0.15, 0.2) is 21.1 Å². The number of oxime groups is 1. The van der Waals surface area contributed by atoms with Gasteiger partial charge in [0.2, 0.25) is 0 Å². The summed E-state index contributed by atoms with van der Waals surface area (Å²) in [5.74, 6) is -2.18. The van der Waals surface area contributed by atoms with Gasteiger partial charge in [0.1, 0.15) is 31.5 Å². The molecule has 148 valence electrons. The number of primary amides is 1. The third-order valence-electron chi connectivity index (χ3n) is 3.26. The average Bonchev–Trinajstić information content (AvgIpc) is 2.98. The predicted octanol–water partition coefficient (Wildman–Crippen LogP) is -5.67. The Kier molecular flexibility index (Phi) is 8.15. The molecule has 0 bridgehead atoms. The van der Waals surface area contributed by atoms with Crippen LogP contribution in [0.3, 0.4) is 0 Å². The fourth-order valence-electron chi connectivity index (χ4n) is 2.19. The number of β-lactam (4-membered cyclic amide) rings is 1. The molecule has 14 nitrogen and oxygen atoms in total. The molecule has 17 heteroatoms. The standard InChI is InChI=1S/C11H14N6O8S2.Na/c1-24-16-6(4-3-26-10(12)14-4)8(18)15-7-5(2-25-11(13)20)17(9(7)19)27(21,22)23;/h3,5,7H,2H2,1H3,(H2,12,14)(H2,13,20)(H,15,18)(H,21,22,23);/q;+1/p-1/t5-,7+;/m1./s1. The van der Waals surface area contributed by atoms with E-state index in [1.165, 1.54) is 5.38 Å². The van der Waals surface area contributed by atoms with Gasteiger partial charge in [0, 0.05) is 5.38 Å². The second-order valence-corrected chi connectivity index (χ2v) is 7.07. The molecule has 2 rings (SSSR count). The number of nitrogens with two attached hydrogens (primary N) is 2. The van der Waals surface area contributed by atoms with Crippen LogP contribution in [0.15, 0.2) is 10.5 Å². The van der Waals surface area contributed by atoms with Gasteiger partial charge in [0.25, 0.3) is 11.8 Å². The molecule has 3 amide bonds. The van der Waals surface area contributed by atoms with Crippen molar-refractivity contribution in [3.05, 3.63) is 11.1 Å². The molecule has 1 aromatic rings. The minimum absolute atomic E-state index is 0. The number of hydrogen-bond donors (Lipinski definition) is 3. The molecule has 1 aliphatic rings. The number of rotatable bonds is 7. The molecule has 0 saturated carbocycles. The Morgan fingerprint density at radius 2 is 2.14 bits per heavy atom. The van der Waals surface area contributed by atoms with Crippen LogP contribution < -0.4 is 46.3 Å². The van der Waals surface area contributed by atoms with Crippen molar-refractivity contribution in [2.45, 2.75) is 12.1 Å². The molecule has 0 radical (unpaired) electrons. The van der Waals surface area contributed by atoms with Crippen LogP contribution in [0, 0.1) is 0 Å². The number of amides is 3. The number of ether oxygens (including phenoxy) is 1. The molecule has 28 heavy (non-hydrogen) atoms. The molecule has 0 spiro atoms. The minimum atomic E-state index is -5.19. The second kappa shape index (κ2) is 9.48. The van der Waals surface area contributed by atoms with E-state index in [4.69, 9.17) is 11.5 Å². The van der Waals surface area contributed by atoms with Gasteiger partial charge in [0.05, 0.1) is 0 Å². The largest absolute Gasteiger partial charge is 1.00 e. The number of thiazole rings is 1. The molecular weight excluding hydrogens is 431 g/mol. The third kappa shape index (κ3) is 5.30. The maximum absolute atomic E-state index is 12.4. The molecule has 1 aliphatic heterocycles. The minimum Gasteiger partial charge on any atom is -0.731 e. The number of nitrogens with zero attached hydrogens (tertiary/aromatic N) is 3. The Morgan fingerprint density at radius 1 is 1.50 bits per heavy atom. The number of hydrogen-bond acceptors (Lipinski definition) is 12. The van der Waals surface area contributed by atoms with E-state index < -0.39 is 46.9 Å². The monoisotopic (exact) mass is 444 g/mol. The second-order valence-electron chi connectivity index (χ2n) is 4.93. The Balaban J connectivity index is 0.00000392. The summed E-state index contributed by atoms with van der Waals surface area (Å²) in [6.07, 6.45) is -1.26. The molecule has 2 atom stereocenters. The SMILES string of the molecule is CON=C(C(=O)N[C@@H]1C(=O)N(S(=O)(=O)[O-])[C@@H]1COC(N)=O)c1csc(N)n1.[Na+]. The Morgan fingerprint density at radius 3 is 2.61 bits per heavy atom. The van der Waals surface area contributed by atoms with Crippen molar-refractivity contribution in [1.29, 1.82) is 0 Å². The smallest absolute Gasteiger partial charge is 0.731 e. The van der Waals surface area contributed by atoms with Crippen LogP contribution in [-0.4, -0.2) is 71.7 Å². The first kappa shape index (κ1) is 24.1. The van der Waals surface area contributed by atoms with Crippen LogP contribution >= 0.6 is 11.3 Å². The Hall–Kier alpha value is -1.98. The number of carbonyl (C=O) groups is 3. The van der Waals surface area contributed by atoms with E-state index in [9.17, 15) is 27.4 Å². The molecule has 0 aliphatic carbocycles. The zero-order chi connectivity index (χ0) is 20.4. The van der Waals surface area contributed by atoms with E-state index >= 15 is 0 Å². The first-order valence-corrected chi connectivity index (χ1v) is 9.15. The molecule has 1 aromatic heterocycles. The predicted molar refractivity (Wildman–Crippen MR) is 87.9 cm³/mol. The van der Waals surface area contributed by atoms with Crippen molar-refractivity contribution in [2.75, 3.05) is 19.5 Å². The third-order valence-corrected chi connectivity index (χ3v) is 4.86. The number of aromatic nitrogens is 1. The summed E-state index contributed by atoms with van der Waals surface area (Å²) in [6.45, 7) is -0.728. The number of nitrogens with one attached hydrogen (secondary N) is 1. The molecule has 1 saturated heterocycles. The van der Waals surface area contributed by atoms with Crippen molar-refractivity contribution in [3.63, 3.8) is 0 Å². The first-order valence-electron chi connectivity index (χ1n) is 6.91. The van der Waals surface area contributed by atoms with Gasteiger partial charge in [-0.05, 0) is 0 Å². The van der Waals surface area contributed by atoms with Crippen molar-refractivity contribution in [3.8, 4) is 0 Å². The van der Waals surface area contributed by atoms with E-state index in [1.807, 2.05) is 0 Å². The number of carbonyl (C=O) groups excluding carboxylic acids is 3. The van der Waals surface area contributed by atoms with Crippen LogP contribution in [0.1, 0.15) is 5.69 Å². The average molecular weight is 444 g/mol. The maximum atomic E-state index is 12.4. The summed E-state index contributed by atoms with van der Waals surface area (Å²) in [7, 11) is -4.03. The van der Waals surface area contributed by atoms with Crippen molar-refractivity contribution in [2.24, 2.45) is 10.9 Å². The quantitative estimate of drug-likeness (QED) is 0.119. The zero-order valence-electron chi connectivity index (χ0n) is 14.5. The van der Waals surface area contributed by atoms with E-state index in [-0.39, 0.29) is 50.4 Å². The van der Waals surface area contributed by atoms with Gasteiger partial charge in [-0.25, -0.2) is 22.5 Å². The summed E-state index contributed by atoms with van der Waals surface area (Å²) in [5.41, 5.74) is 9.97. The number of anilines is 1. The van der Waals surface area contributed by atoms with Gasteiger partial charge in [-0.3, -0.25) is 9.59 Å². The van der Waals surface area contributed by atoms with Crippen LogP contribution in [0.5, 0.6) is 0 Å². The van der Waals surface area contributed by atoms with Crippen molar-refractivity contribution in [1.82, 2.24) is 14.6 Å². The normalized spacial score (nSPS) is 19.3. The topological polar surface area (TPSA) is 219 Å². The summed E-state index contributed by atoms with van der Waals surface area (Å²) in [4.78, 5) is 43.5. The van der Waals surface area contributed by atoms with Gasteiger partial charge in [-0.15, -0.1) is 11.3 Å². The molecule has 5 N–H and O–H groups in total. The molecular formula is C11H13N6NaO8S2. The van der Waals surface area contributed by atoms with Crippen LogP contribution in [0.2, 0.25) is 0 Å². The van der Waals surface area contributed by atoms with Crippen molar-refractivity contribution < 1.29 is 66.5 Å². The Labute approximate surface area is 184 Å². The zero-order valence-corrected chi connectivity index (χ0v) is 18.2. The van der Waals surface area contributed by atoms with Crippen molar-refractivity contribution >= 4 is 50.4 Å². The molecule has 1 fully saturated rings. The van der Waals surface area contributed by atoms with Gasteiger partial charge < -0.3 is 30.9 Å². The van der Waals surface area contributed by atoms with E-state index in [2.05, 4.69) is 25.0 Å². The van der Waals surface area contributed by atoms with E-state index in [0.717, 1.165) is 18.4 Å². The fourth-order valence-corrected chi connectivity index (χ4v) is 3.58. The van der Waals surface area contributed by atoms with E-state index in [0.29, 0.717) is 0 Å². The van der Waals surface area contributed by atoms with E-state index in [1.54, 1.807) is 0 Å². The van der Waals surface area contributed by atoms with Crippen LogP contribution in [0.25, 0.3) is 0 Å².